The van der Waals surface area contributed by atoms with Crippen LogP contribution in [0.15, 0.2) is 20.9 Å². The number of nitrogens with zero attached hydrogens (tertiary/aromatic N) is 4. The Hall–Kier alpha value is -3.31. The van der Waals surface area contributed by atoms with E-state index >= 15 is 0 Å². The van der Waals surface area contributed by atoms with E-state index in [1.54, 1.807) is 0 Å². The molecule has 2 heterocycles. The minimum atomic E-state index is -5.07. The largest absolute Gasteiger partial charge is 0.471 e. The number of halogens is 3. The van der Waals surface area contributed by atoms with Gasteiger partial charge in [0.25, 0.3) is 5.56 Å². The third-order valence-electron chi connectivity index (χ3n) is 3.94. The summed E-state index contributed by atoms with van der Waals surface area (Å²) in [6, 6.07) is -0.828. The lowest BCUT2D eigenvalue weighted by Gasteiger charge is -2.22. The Morgan fingerprint density at radius 3 is 2.90 bits per heavy atom. The van der Waals surface area contributed by atoms with Crippen LogP contribution in [-0.4, -0.2) is 65.4 Å². The van der Waals surface area contributed by atoms with Gasteiger partial charge in [-0.1, -0.05) is 17.0 Å². The van der Waals surface area contributed by atoms with Gasteiger partial charge in [0.05, 0.1) is 25.8 Å². The predicted molar refractivity (Wildman–Crippen MR) is 92.0 cm³/mol. The van der Waals surface area contributed by atoms with Crippen LogP contribution >= 0.6 is 0 Å². The number of aliphatic hydroxyl groups is 1. The van der Waals surface area contributed by atoms with Gasteiger partial charge in [-0.25, -0.2) is 4.79 Å². The number of azide groups is 1. The Morgan fingerprint density at radius 2 is 2.27 bits per heavy atom. The second-order valence-electron chi connectivity index (χ2n) is 5.80. The molecule has 2 rings (SSSR count). The molecule has 0 aromatic carbocycles. The van der Waals surface area contributed by atoms with Crippen LogP contribution in [0.3, 0.4) is 0 Å². The fraction of sp³-hybridized carbons (Fsp3) is 0.533. The van der Waals surface area contributed by atoms with Crippen molar-refractivity contribution in [3.8, 4) is 11.8 Å². The van der Waals surface area contributed by atoms with Crippen molar-refractivity contribution in [2.75, 3.05) is 26.5 Å². The average molecular weight is 432 g/mol. The molecule has 162 valence electrons. The minimum Gasteiger partial charge on any atom is -0.394 e. The molecular formula is C15H15F3N6O6. The molecule has 1 saturated heterocycles. The van der Waals surface area contributed by atoms with Gasteiger partial charge in [0.1, 0.15) is 24.5 Å². The number of hydrogen-bond acceptors (Lipinski definition) is 7. The van der Waals surface area contributed by atoms with E-state index < -0.39 is 61.5 Å². The number of H-pyrrole nitrogens is 1. The smallest absolute Gasteiger partial charge is 0.394 e. The van der Waals surface area contributed by atoms with Crippen LogP contribution in [0, 0.1) is 11.8 Å². The van der Waals surface area contributed by atoms with E-state index in [9.17, 15) is 32.7 Å². The summed E-state index contributed by atoms with van der Waals surface area (Å²) in [5.74, 6) is 2.26. The Kier molecular flexibility index (Phi) is 7.61. The topological polar surface area (TPSA) is 171 Å². The number of amides is 1. The van der Waals surface area contributed by atoms with Gasteiger partial charge in [0.15, 0.2) is 0 Å². The molecule has 1 fully saturated rings. The lowest BCUT2D eigenvalue weighted by atomic mass is 10.1. The Labute approximate surface area is 165 Å². The fourth-order valence-electron chi connectivity index (χ4n) is 2.60. The number of ether oxygens (including phenoxy) is 2. The number of hydrogen-bond donors (Lipinski definition) is 3. The highest BCUT2D eigenvalue weighted by molar-refractivity contribution is 5.81. The second-order valence-corrected chi connectivity index (χ2v) is 5.80. The van der Waals surface area contributed by atoms with Crippen LogP contribution in [0.25, 0.3) is 10.4 Å². The molecule has 0 spiro atoms. The monoisotopic (exact) mass is 432 g/mol. The van der Waals surface area contributed by atoms with E-state index in [2.05, 4.69) is 21.9 Å². The van der Waals surface area contributed by atoms with E-state index in [0.29, 0.717) is 0 Å². The van der Waals surface area contributed by atoms with E-state index in [4.69, 9.17) is 15.0 Å². The first-order valence-electron chi connectivity index (χ1n) is 8.23. The molecular weight excluding hydrogens is 417 g/mol. The van der Waals surface area contributed by atoms with Gasteiger partial charge in [-0.15, -0.1) is 0 Å². The third-order valence-corrected chi connectivity index (χ3v) is 3.94. The molecule has 1 aromatic heterocycles. The van der Waals surface area contributed by atoms with Crippen LogP contribution in [0.2, 0.25) is 0 Å². The number of alkyl halides is 3. The van der Waals surface area contributed by atoms with Gasteiger partial charge in [-0.3, -0.25) is 19.1 Å². The SMILES string of the molecule is [N-]=[N+]=NCOC1C(CO)OCC1n1cc(C#CCNC(=O)C(F)(F)F)c(=O)[nH]c1=O. The lowest BCUT2D eigenvalue weighted by molar-refractivity contribution is -0.173. The number of carbonyl (C=O) groups is 1. The molecule has 15 heteroatoms. The third kappa shape index (κ3) is 5.61. The number of aromatic amines is 1. The van der Waals surface area contributed by atoms with Crippen LogP contribution < -0.4 is 16.6 Å². The molecule has 1 amide bonds. The van der Waals surface area contributed by atoms with Crippen LogP contribution in [0.5, 0.6) is 0 Å². The van der Waals surface area contributed by atoms with Crippen molar-refractivity contribution in [2.45, 2.75) is 24.4 Å². The van der Waals surface area contributed by atoms with Crippen LogP contribution in [0.4, 0.5) is 13.2 Å². The highest BCUT2D eigenvalue weighted by Gasteiger charge is 2.40. The zero-order valence-corrected chi connectivity index (χ0v) is 15.0. The number of aliphatic hydroxyl groups excluding tert-OH is 1. The van der Waals surface area contributed by atoms with Crippen molar-refractivity contribution in [3.05, 3.63) is 43.0 Å². The summed E-state index contributed by atoms with van der Waals surface area (Å²) in [6.45, 7) is -1.64. The summed E-state index contributed by atoms with van der Waals surface area (Å²) in [7, 11) is 0. The minimum absolute atomic E-state index is 0.0907. The van der Waals surface area contributed by atoms with Crippen molar-refractivity contribution in [3.63, 3.8) is 0 Å². The standard InChI is InChI=1S/C15H15F3N6O6/c16-15(17,18)13(27)20-3-1-2-8-4-24(14(28)22-12(8)26)9-6-29-10(5-25)11(9)30-7-21-23-19/h4,9-11,25H,3,5-7H2,(H,20,27)(H,22,26,28). The second kappa shape index (κ2) is 9.94. The van der Waals surface area contributed by atoms with Crippen LogP contribution in [0.1, 0.15) is 11.6 Å². The van der Waals surface area contributed by atoms with E-state index in [1.165, 1.54) is 5.32 Å². The summed E-state index contributed by atoms with van der Waals surface area (Å²) in [6.07, 6.45) is -5.76. The maximum absolute atomic E-state index is 12.2. The average Bonchev–Trinajstić information content (AvgIpc) is 3.08. The normalized spacial score (nSPS) is 20.7. The van der Waals surface area contributed by atoms with Gasteiger partial charge in [-0.05, 0) is 5.53 Å². The first-order chi connectivity index (χ1) is 14.2. The predicted octanol–water partition coefficient (Wildman–Crippen LogP) is -0.848. The summed E-state index contributed by atoms with van der Waals surface area (Å²) in [5, 5.41) is 14.1. The number of nitrogens with one attached hydrogen (secondary N) is 2. The molecule has 3 N–H and O–H groups in total. The summed E-state index contributed by atoms with van der Waals surface area (Å²) >= 11 is 0. The maximum atomic E-state index is 12.2. The molecule has 0 aliphatic carbocycles. The molecule has 1 aliphatic heterocycles. The molecule has 0 radical (unpaired) electrons. The molecule has 30 heavy (non-hydrogen) atoms. The molecule has 0 saturated carbocycles. The van der Waals surface area contributed by atoms with Gasteiger partial charge in [0.2, 0.25) is 0 Å². The van der Waals surface area contributed by atoms with Crippen molar-refractivity contribution >= 4 is 5.91 Å². The highest BCUT2D eigenvalue weighted by Crippen LogP contribution is 2.26. The zero-order chi connectivity index (χ0) is 22.3. The van der Waals surface area contributed by atoms with Crippen LogP contribution in [-0.2, 0) is 14.3 Å². The van der Waals surface area contributed by atoms with Gasteiger partial charge < -0.3 is 19.9 Å². The molecule has 3 atom stereocenters. The Balaban J connectivity index is 2.25. The number of carbonyl (C=O) groups excluding carboxylic acids is 1. The van der Waals surface area contributed by atoms with Crippen molar-refractivity contribution in [1.82, 2.24) is 14.9 Å². The zero-order valence-electron chi connectivity index (χ0n) is 15.0. The summed E-state index contributed by atoms with van der Waals surface area (Å²) < 4.78 is 48.1. The van der Waals surface area contributed by atoms with E-state index in [-0.39, 0.29) is 12.2 Å². The van der Waals surface area contributed by atoms with Gasteiger partial charge in [-0.2, -0.15) is 13.2 Å². The maximum Gasteiger partial charge on any atom is 0.471 e. The molecule has 1 aromatic rings. The van der Waals surface area contributed by atoms with E-state index in [0.717, 1.165) is 10.8 Å². The lowest BCUT2D eigenvalue weighted by Crippen LogP contribution is -2.40. The number of rotatable bonds is 6. The molecule has 12 nitrogen and oxygen atoms in total. The Bertz CT molecular complexity index is 1000. The summed E-state index contributed by atoms with van der Waals surface area (Å²) in [4.78, 5) is 39.4. The van der Waals surface area contributed by atoms with Crippen molar-refractivity contribution < 1.29 is 32.5 Å². The number of aromatic nitrogens is 2. The summed E-state index contributed by atoms with van der Waals surface area (Å²) in [5.41, 5.74) is 6.33. The molecule has 0 bridgehead atoms. The van der Waals surface area contributed by atoms with Gasteiger partial charge >= 0.3 is 17.8 Å². The fourth-order valence-corrected chi connectivity index (χ4v) is 2.60. The van der Waals surface area contributed by atoms with Crippen molar-refractivity contribution in [1.29, 1.82) is 0 Å². The quantitative estimate of drug-likeness (QED) is 0.229. The Morgan fingerprint density at radius 1 is 1.53 bits per heavy atom. The van der Waals surface area contributed by atoms with E-state index in [1.807, 2.05) is 4.98 Å². The highest BCUT2D eigenvalue weighted by atomic mass is 19.4. The molecule has 3 unspecified atom stereocenters. The van der Waals surface area contributed by atoms with Crippen molar-refractivity contribution in [2.24, 2.45) is 5.11 Å². The first kappa shape index (κ1) is 23.0. The molecule has 1 aliphatic rings. The first-order valence-corrected chi connectivity index (χ1v) is 8.23. The van der Waals surface area contributed by atoms with Gasteiger partial charge in [0, 0.05) is 11.1 Å².